The number of carbonyl (C=O) groups is 3. The highest BCUT2D eigenvalue weighted by Gasteiger charge is 2.35. The number of carbonyl (C=O) groups excluding carboxylic acids is 3. The average molecular weight is 443 g/mol. The predicted molar refractivity (Wildman–Crippen MR) is 126 cm³/mol. The number of hydrogen-bond donors (Lipinski definition) is 1. The molecule has 0 radical (unpaired) electrons. The zero-order valence-electron chi connectivity index (χ0n) is 18.7. The Kier molecular flexibility index (Phi) is 6.54. The van der Waals surface area contributed by atoms with Gasteiger partial charge in [-0.1, -0.05) is 60.7 Å². The number of esters is 1. The van der Waals surface area contributed by atoms with Crippen LogP contribution < -0.4 is 5.32 Å². The molecule has 2 amide bonds. The minimum absolute atomic E-state index is 0.162. The van der Waals surface area contributed by atoms with Crippen LogP contribution in [0.2, 0.25) is 0 Å². The Bertz CT molecular complexity index is 1180. The molecule has 2 atom stereocenters. The zero-order valence-corrected chi connectivity index (χ0v) is 18.7. The highest BCUT2D eigenvalue weighted by Crippen LogP contribution is 2.29. The summed E-state index contributed by atoms with van der Waals surface area (Å²) in [6, 6.07) is 24.0. The van der Waals surface area contributed by atoms with Crippen LogP contribution in [-0.2, 0) is 27.3 Å². The third kappa shape index (κ3) is 5.12. The third-order valence-electron chi connectivity index (χ3n) is 5.80. The maximum Gasteiger partial charge on any atom is 0.339 e. The minimum atomic E-state index is -0.892. The average Bonchev–Trinajstić information content (AvgIpc) is 2.82. The van der Waals surface area contributed by atoms with E-state index in [1.807, 2.05) is 67.6 Å². The van der Waals surface area contributed by atoms with Gasteiger partial charge >= 0.3 is 5.97 Å². The first kappa shape index (κ1) is 22.3. The normalized spacial score (nSPS) is 15.7. The molecular weight excluding hydrogens is 416 g/mol. The summed E-state index contributed by atoms with van der Waals surface area (Å²) in [5, 5.41) is 2.79. The Balaban J connectivity index is 1.64. The highest BCUT2D eigenvalue weighted by atomic mass is 16.5. The summed E-state index contributed by atoms with van der Waals surface area (Å²) < 4.78 is 5.57. The highest BCUT2D eigenvalue weighted by molar-refractivity contribution is 5.96. The molecule has 168 valence electrons. The lowest BCUT2D eigenvalue weighted by molar-refractivity contribution is -0.144. The first-order valence-electron chi connectivity index (χ1n) is 10.9. The standard InChI is InChI=1S/C27H26N2O4/c1-18(21-12-8-13-23(15-21)28-19(2)30)29(17-20-9-4-3-5-10-20)26(31)25-16-22-11-6-7-14-24(22)27(32)33-25/h3-15,18,25H,16-17H2,1-2H3,(H,28,30)/t18-,25-/m1/s1. The lowest BCUT2D eigenvalue weighted by atomic mass is 9.97. The second-order valence-electron chi connectivity index (χ2n) is 8.19. The summed E-state index contributed by atoms with van der Waals surface area (Å²) in [6.45, 7) is 3.75. The van der Waals surface area contributed by atoms with Crippen molar-refractivity contribution in [3.05, 3.63) is 101 Å². The zero-order chi connectivity index (χ0) is 23.4. The summed E-state index contributed by atoms with van der Waals surface area (Å²) in [5.41, 5.74) is 3.82. The monoisotopic (exact) mass is 442 g/mol. The Morgan fingerprint density at radius 1 is 1.03 bits per heavy atom. The first-order chi connectivity index (χ1) is 15.9. The number of cyclic esters (lactones) is 1. The molecule has 0 bridgehead atoms. The van der Waals surface area contributed by atoms with Crippen molar-refractivity contribution in [2.75, 3.05) is 5.32 Å². The number of nitrogens with one attached hydrogen (secondary N) is 1. The van der Waals surface area contributed by atoms with E-state index in [2.05, 4.69) is 5.32 Å². The van der Waals surface area contributed by atoms with E-state index in [0.29, 0.717) is 24.2 Å². The molecular formula is C27H26N2O4. The van der Waals surface area contributed by atoms with Crippen molar-refractivity contribution >= 4 is 23.5 Å². The maximum atomic E-state index is 13.7. The van der Waals surface area contributed by atoms with E-state index < -0.39 is 12.1 Å². The summed E-state index contributed by atoms with van der Waals surface area (Å²) in [4.78, 5) is 39.5. The van der Waals surface area contributed by atoms with Crippen LogP contribution in [-0.4, -0.2) is 28.8 Å². The van der Waals surface area contributed by atoms with Crippen LogP contribution >= 0.6 is 0 Å². The Hall–Kier alpha value is -3.93. The molecule has 1 N–H and O–H groups in total. The minimum Gasteiger partial charge on any atom is -0.448 e. The molecule has 6 nitrogen and oxygen atoms in total. The van der Waals surface area contributed by atoms with Crippen molar-refractivity contribution in [2.24, 2.45) is 0 Å². The van der Waals surface area contributed by atoms with E-state index in [9.17, 15) is 14.4 Å². The second-order valence-corrected chi connectivity index (χ2v) is 8.19. The van der Waals surface area contributed by atoms with Crippen LogP contribution in [0.25, 0.3) is 0 Å². The van der Waals surface area contributed by atoms with Crippen LogP contribution in [0.3, 0.4) is 0 Å². The van der Waals surface area contributed by atoms with Crippen molar-refractivity contribution in [2.45, 2.75) is 39.0 Å². The van der Waals surface area contributed by atoms with Crippen LogP contribution in [0.4, 0.5) is 5.69 Å². The summed E-state index contributed by atoms with van der Waals surface area (Å²) >= 11 is 0. The second kappa shape index (κ2) is 9.69. The van der Waals surface area contributed by atoms with Crippen LogP contribution in [0, 0.1) is 0 Å². The van der Waals surface area contributed by atoms with E-state index >= 15 is 0 Å². The van der Waals surface area contributed by atoms with Gasteiger partial charge in [-0.3, -0.25) is 9.59 Å². The molecule has 1 aliphatic heterocycles. The molecule has 33 heavy (non-hydrogen) atoms. The Morgan fingerprint density at radius 3 is 2.52 bits per heavy atom. The molecule has 6 heteroatoms. The molecule has 0 saturated heterocycles. The van der Waals surface area contributed by atoms with Gasteiger partial charge in [0.2, 0.25) is 5.91 Å². The summed E-state index contributed by atoms with van der Waals surface area (Å²) in [6.07, 6.45) is -0.554. The number of fused-ring (bicyclic) bond motifs is 1. The first-order valence-corrected chi connectivity index (χ1v) is 10.9. The van der Waals surface area contributed by atoms with E-state index in [1.54, 1.807) is 23.1 Å². The van der Waals surface area contributed by atoms with Crippen LogP contribution in [0.15, 0.2) is 78.9 Å². The lowest BCUT2D eigenvalue weighted by Crippen LogP contribution is -2.45. The van der Waals surface area contributed by atoms with Gasteiger partial charge in [0.1, 0.15) is 0 Å². The van der Waals surface area contributed by atoms with Crippen molar-refractivity contribution in [3.8, 4) is 0 Å². The molecule has 3 aromatic rings. The molecule has 0 fully saturated rings. The summed E-state index contributed by atoms with van der Waals surface area (Å²) in [5.74, 6) is -0.890. The SMILES string of the molecule is CC(=O)Nc1cccc([C@@H](C)N(Cc2ccccc2)C(=O)[C@H]2Cc3ccccc3C(=O)O2)c1. The molecule has 0 saturated carbocycles. The fourth-order valence-corrected chi connectivity index (χ4v) is 4.10. The summed E-state index contributed by atoms with van der Waals surface area (Å²) in [7, 11) is 0. The van der Waals surface area contributed by atoms with Crippen molar-refractivity contribution in [1.82, 2.24) is 4.90 Å². The topological polar surface area (TPSA) is 75.7 Å². The fourth-order valence-electron chi connectivity index (χ4n) is 4.10. The number of nitrogens with zero attached hydrogens (tertiary/aromatic N) is 1. The van der Waals surface area contributed by atoms with E-state index in [0.717, 1.165) is 16.7 Å². The lowest BCUT2D eigenvalue weighted by Gasteiger charge is -2.34. The van der Waals surface area contributed by atoms with Crippen LogP contribution in [0.5, 0.6) is 0 Å². The van der Waals surface area contributed by atoms with Gasteiger partial charge in [-0.15, -0.1) is 0 Å². The number of hydrogen-bond acceptors (Lipinski definition) is 4. The van der Waals surface area contributed by atoms with Gasteiger partial charge in [0, 0.05) is 25.6 Å². The van der Waals surface area contributed by atoms with Gasteiger partial charge in [0.25, 0.3) is 5.91 Å². The number of ether oxygens (including phenoxy) is 1. The van der Waals surface area contributed by atoms with Gasteiger partial charge in [-0.05, 0) is 41.8 Å². The molecule has 0 aromatic heterocycles. The van der Waals surface area contributed by atoms with Crippen molar-refractivity contribution in [3.63, 3.8) is 0 Å². The van der Waals surface area contributed by atoms with Crippen LogP contribution in [0.1, 0.15) is 46.9 Å². The van der Waals surface area contributed by atoms with Gasteiger partial charge in [0.05, 0.1) is 11.6 Å². The maximum absolute atomic E-state index is 13.7. The van der Waals surface area contributed by atoms with Crippen molar-refractivity contribution in [1.29, 1.82) is 0 Å². The van der Waals surface area contributed by atoms with Crippen molar-refractivity contribution < 1.29 is 19.1 Å². The molecule has 0 spiro atoms. The van der Waals surface area contributed by atoms with E-state index in [-0.39, 0.29) is 17.9 Å². The van der Waals surface area contributed by atoms with Gasteiger partial charge < -0.3 is 15.0 Å². The number of rotatable bonds is 6. The fraction of sp³-hybridized carbons (Fsp3) is 0.222. The Labute approximate surface area is 193 Å². The molecule has 3 aromatic carbocycles. The Morgan fingerprint density at radius 2 is 1.76 bits per heavy atom. The number of benzene rings is 3. The molecule has 4 rings (SSSR count). The van der Waals surface area contributed by atoms with Gasteiger partial charge in [-0.25, -0.2) is 4.79 Å². The quantitative estimate of drug-likeness (QED) is 0.570. The molecule has 0 aliphatic carbocycles. The predicted octanol–water partition coefficient (Wildman–Crippen LogP) is 4.52. The van der Waals surface area contributed by atoms with Gasteiger partial charge in [-0.2, -0.15) is 0 Å². The third-order valence-corrected chi connectivity index (χ3v) is 5.80. The van der Waals surface area contributed by atoms with Gasteiger partial charge in [0.15, 0.2) is 6.10 Å². The van der Waals surface area contributed by atoms with E-state index in [4.69, 9.17) is 4.74 Å². The molecule has 1 aliphatic rings. The number of amides is 2. The largest absolute Gasteiger partial charge is 0.448 e. The molecule has 1 heterocycles. The number of anilines is 1. The molecule has 0 unspecified atom stereocenters. The van der Waals surface area contributed by atoms with E-state index in [1.165, 1.54) is 6.92 Å². The smallest absolute Gasteiger partial charge is 0.339 e.